The van der Waals surface area contributed by atoms with E-state index in [9.17, 15) is 4.79 Å². The molecule has 6 nitrogen and oxygen atoms in total. The Morgan fingerprint density at radius 1 is 1.77 bits per heavy atom. The lowest BCUT2D eigenvalue weighted by Gasteiger charge is -1.77. The summed E-state index contributed by atoms with van der Waals surface area (Å²) in [6.07, 6.45) is 0. The Balaban J connectivity index is 0. The third-order valence-electron chi connectivity index (χ3n) is 0.771. The molecular weight excluding hydrogens is 232 g/mol. The smallest absolute Gasteiger partial charge is 0.316 e. The van der Waals surface area contributed by atoms with Gasteiger partial charge in [0.05, 0.1) is 0 Å². The van der Waals surface area contributed by atoms with Crippen LogP contribution in [0.4, 0.5) is 0 Å². The number of aromatic nitrogens is 1. The van der Waals surface area contributed by atoms with Gasteiger partial charge in [0, 0.05) is 13.1 Å². The standard InChI is InChI=1S/C4H4ClNOS.Mg.HNO3.2H/c1-6-4(7)2-3(5)8-6;;2-1(3)4;;/h2H,1H3;;(H,2,3,4);;. The molecule has 0 unspecified atom stereocenters. The molecule has 0 aromatic carbocycles. The first-order valence-electron chi connectivity index (χ1n) is 2.59. The topological polar surface area (TPSA) is 85.4 Å². The second-order valence-corrected chi connectivity index (χ2v) is 3.41. The zero-order valence-electron chi connectivity index (χ0n) is 5.93. The fourth-order valence-electron chi connectivity index (χ4n) is 0.390. The summed E-state index contributed by atoms with van der Waals surface area (Å²) >= 11 is 6.70. The molecule has 0 spiro atoms. The van der Waals surface area contributed by atoms with E-state index in [-0.39, 0.29) is 28.6 Å². The van der Waals surface area contributed by atoms with Crippen molar-refractivity contribution >= 4 is 46.2 Å². The Bertz CT molecular complexity index is 320. The summed E-state index contributed by atoms with van der Waals surface area (Å²) in [5.74, 6) is 0. The highest BCUT2D eigenvalue weighted by atomic mass is 35.5. The van der Waals surface area contributed by atoms with E-state index in [0.717, 1.165) is 0 Å². The Hall–Kier alpha value is -0.314. The van der Waals surface area contributed by atoms with Crippen LogP contribution in [0.2, 0.25) is 4.34 Å². The summed E-state index contributed by atoms with van der Waals surface area (Å²) in [4.78, 5) is 18.9. The average Bonchev–Trinajstić information content (AvgIpc) is 2.08. The van der Waals surface area contributed by atoms with Crippen molar-refractivity contribution in [3.63, 3.8) is 0 Å². The zero-order valence-corrected chi connectivity index (χ0v) is 7.50. The Morgan fingerprint density at radius 3 is 2.23 bits per heavy atom. The summed E-state index contributed by atoms with van der Waals surface area (Å²) in [5.41, 5.74) is -0.0417. The molecule has 0 aliphatic rings. The van der Waals surface area contributed by atoms with Crippen LogP contribution >= 0.6 is 23.1 Å². The molecule has 0 bridgehead atoms. The molecule has 72 valence electrons. The largest absolute Gasteiger partial charge is 0.328 e. The van der Waals surface area contributed by atoms with E-state index in [1.165, 1.54) is 21.6 Å². The predicted molar refractivity (Wildman–Crippen MR) is 51.9 cm³/mol. The maximum absolute atomic E-state index is 10.5. The van der Waals surface area contributed by atoms with Gasteiger partial charge in [0.1, 0.15) is 4.34 Å². The molecule has 0 atom stereocenters. The summed E-state index contributed by atoms with van der Waals surface area (Å²) in [7, 11) is 1.68. The fraction of sp³-hybridized carbons (Fsp3) is 0.250. The Labute approximate surface area is 98.1 Å². The van der Waals surface area contributed by atoms with Gasteiger partial charge in [-0.3, -0.25) is 8.75 Å². The number of aryl methyl sites for hydroxylation is 1. The van der Waals surface area contributed by atoms with Gasteiger partial charge in [0.15, 0.2) is 0 Å². The predicted octanol–water partition coefficient (Wildman–Crippen LogP) is -0.164. The second kappa shape index (κ2) is 7.12. The van der Waals surface area contributed by atoms with Crippen molar-refractivity contribution in [2.45, 2.75) is 0 Å². The van der Waals surface area contributed by atoms with Gasteiger partial charge in [-0.1, -0.05) is 11.6 Å². The highest BCUT2D eigenvalue weighted by Crippen LogP contribution is 2.09. The zero-order chi connectivity index (χ0) is 9.72. The molecule has 0 fully saturated rings. The Kier molecular flexibility index (Phi) is 8.31. The van der Waals surface area contributed by atoms with E-state index in [2.05, 4.69) is 0 Å². The minimum absolute atomic E-state index is 0. The monoisotopic (exact) mass is 238 g/mol. The second-order valence-electron chi connectivity index (χ2n) is 1.61. The van der Waals surface area contributed by atoms with E-state index in [1.54, 1.807) is 7.05 Å². The Morgan fingerprint density at radius 2 is 2.15 bits per heavy atom. The molecule has 0 aliphatic heterocycles. The molecule has 1 aromatic heterocycles. The van der Waals surface area contributed by atoms with Crippen LogP contribution < -0.4 is 5.56 Å². The van der Waals surface area contributed by atoms with Gasteiger partial charge in [-0.2, -0.15) is 0 Å². The van der Waals surface area contributed by atoms with E-state index >= 15 is 0 Å². The van der Waals surface area contributed by atoms with Crippen LogP contribution in [0.3, 0.4) is 0 Å². The lowest BCUT2D eigenvalue weighted by molar-refractivity contribution is -0.742. The van der Waals surface area contributed by atoms with Crippen molar-refractivity contribution in [2.75, 3.05) is 0 Å². The number of rotatable bonds is 0. The van der Waals surface area contributed by atoms with Crippen LogP contribution in [0.5, 0.6) is 0 Å². The number of hydrogen-bond acceptors (Lipinski definition) is 4. The first-order chi connectivity index (χ1) is 5.43. The normalized spacial score (nSPS) is 7.85. The molecule has 0 saturated heterocycles. The van der Waals surface area contributed by atoms with Crippen LogP contribution in [-0.4, -0.2) is 37.3 Å². The first-order valence-corrected chi connectivity index (χ1v) is 3.74. The molecule has 1 aromatic rings. The van der Waals surface area contributed by atoms with E-state index in [0.29, 0.717) is 4.34 Å². The first kappa shape index (κ1) is 15.2. The molecule has 13 heavy (non-hydrogen) atoms. The van der Waals surface area contributed by atoms with Crippen molar-refractivity contribution in [1.29, 1.82) is 0 Å². The minimum atomic E-state index is -1.50. The molecule has 0 radical (unpaired) electrons. The maximum atomic E-state index is 10.5. The number of nitrogens with zero attached hydrogens (tertiary/aromatic N) is 2. The summed E-state index contributed by atoms with van der Waals surface area (Å²) in [6.45, 7) is 0. The average molecular weight is 239 g/mol. The lowest BCUT2D eigenvalue weighted by atomic mass is 10.7. The van der Waals surface area contributed by atoms with Gasteiger partial charge in [-0.15, -0.1) is 10.1 Å². The third-order valence-corrected chi connectivity index (χ3v) is 1.83. The highest BCUT2D eigenvalue weighted by molar-refractivity contribution is 7.11. The summed E-state index contributed by atoms with van der Waals surface area (Å²) < 4.78 is 2.01. The van der Waals surface area contributed by atoms with Crippen LogP contribution in [0.25, 0.3) is 0 Å². The van der Waals surface area contributed by atoms with E-state index in [4.69, 9.17) is 26.9 Å². The molecule has 0 saturated carbocycles. The van der Waals surface area contributed by atoms with Gasteiger partial charge in [0.2, 0.25) is 0 Å². The van der Waals surface area contributed by atoms with E-state index < -0.39 is 5.09 Å². The van der Waals surface area contributed by atoms with Gasteiger partial charge in [-0.05, 0) is 11.5 Å². The van der Waals surface area contributed by atoms with Crippen LogP contribution in [0.15, 0.2) is 10.9 Å². The lowest BCUT2D eigenvalue weighted by Crippen LogP contribution is -2.05. The maximum Gasteiger partial charge on any atom is 0.316 e. The van der Waals surface area contributed by atoms with Crippen LogP contribution in [0.1, 0.15) is 0 Å². The number of hydrogen-bond donors (Lipinski definition) is 1. The molecular formula is C4H7ClMgN2O4S. The van der Waals surface area contributed by atoms with Crippen molar-refractivity contribution in [2.24, 2.45) is 7.05 Å². The minimum Gasteiger partial charge on any atom is -0.328 e. The molecule has 1 rings (SSSR count). The van der Waals surface area contributed by atoms with Gasteiger partial charge < -0.3 is 5.21 Å². The molecule has 9 heteroatoms. The SMILES string of the molecule is Cn1sc(Cl)cc1=O.O=[N+]([O-])O.[MgH2]. The molecule has 0 aliphatic carbocycles. The molecule has 1 N–H and O–H groups in total. The molecule has 1 heterocycles. The number of halogens is 1. The van der Waals surface area contributed by atoms with Gasteiger partial charge in [-0.25, -0.2) is 0 Å². The summed E-state index contributed by atoms with van der Waals surface area (Å²) in [5, 5.41) is 13.6. The van der Waals surface area contributed by atoms with Crippen molar-refractivity contribution < 1.29 is 10.3 Å². The molecule has 0 amide bonds. The highest BCUT2D eigenvalue weighted by Gasteiger charge is 1.93. The van der Waals surface area contributed by atoms with E-state index in [1.807, 2.05) is 0 Å². The summed E-state index contributed by atoms with van der Waals surface area (Å²) in [6, 6.07) is 1.40. The van der Waals surface area contributed by atoms with Gasteiger partial charge in [0.25, 0.3) is 10.6 Å². The van der Waals surface area contributed by atoms with Crippen molar-refractivity contribution in [3.05, 3.63) is 30.9 Å². The third kappa shape index (κ3) is 8.03. The van der Waals surface area contributed by atoms with Crippen molar-refractivity contribution in [3.8, 4) is 0 Å². The van der Waals surface area contributed by atoms with Gasteiger partial charge >= 0.3 is 23.1 Å². The van der Waals surface area contributed by atoms with Crippen LogP contribution in [-0.2, 0) is 7.05 Å². The van der Waals surface area contributed by atoms with Crippen molar-refractivity contribution in [1.82, 2.24) is 3.96 Å². The fourth-order valence-corrected chi connectivity index (χ4v) is 1.35. The quantitative estimate of drug-likeness (QED) is 0.387. The van der Waals surface area contributed by atoms with Crippen LogP contribution in [0, 0.1) is 10.1 Å².